The van der Waals surface area contributed by atoms with E-state index in [4.69, 9.17) is 41.1 Å². The number of thiazole rings is 1. The number of aromatic nitrogens is 3. The van der Waals surface area contributed by atoms with Gasteiger partial charge in [0.15, 0.2) is 0 Å². The highest BCUT2D eigenvalue weighted by Gasteiger charge is 2.38. The van der Waals surface area contributed by atoms with Gasteiger partial charge in [-0.15, -0.1) is 11.3 Å². The van der Waals surface area contributed by atoms with E-state index < -0.39 is 24.3 Å². The Kier molecular flexibility index (Phi) is 9.07. The number of nitrogens with zero attached hydrogens (tertiary/aromatic N) is 2. The summed E-state index contributed by atoms with van der Waals surface area (Å²) in [5.74, 6) is -4.32. The van der Waals surface area contributed by atoms with E-state index in [1.54, 1.807) is 11.3 Å². The first-order valence-corrected chi connectivity index (χ1v) is 11.8. The number of carbonyl (C=O) groups is 2. The summed E-state index contributed by atoms with van der Waals surface area (Å²) in [5, 5.41) is 23.0. The van der Waals surface area contributed by atoms with Crippen molar-refractivity contribution >= 4 is 45.1 Å². The van der Waals surface area contributed by atoms with Gasteiger partial charge in [-0.1, -0.05) is 17.7 Å². The molecule has 0 spiro atoms. The normalized spacial score (nSPS) is 14.7. The van der Waals surface area contributed by atoms with Gasteiger partial charge >= 0.3 is 24.3 Å². The van der Waals surface area contributed by atoms with Crippen molar-refractivity contribution in [3.8, 4) is 16.9 Å². The van der Waals surface area contributed by atoms with E-state index >= 15 is 0 Å². The third kappa shape index (κ3) is 8.07. The number of carboxylic acids is 2. The van der Waals surface area contributed by atoms with Crippen LogP contribution >= 0.6 is 22.9 Å². The zero-order valence-electron chi connectivity index (χ0n) is 19.2. The second-order valence-electron chi connectivity index (χ2n) is 7.79. The van der Waals surface area contributed by atoms with Crippen LogP contribution in [0.15, 0.2) is 48.8 Å². The average molecular weight is 596 g/mol. The summed E-state index contributed by atoms with van der Waals surface area (Å²) in [7, 11) is 0. The molecule has 0 aliphatic carbocycles. The lowest BCUT2D eigenvalue weighted by atomic mass is 9.97. The molecular formula is C23H16ClF6N3O5S. The first kappa shape index (κ1) is 29.7. The van der Waals surface area contributed by atoms with Crippen molar-refractivity contribution in [3.05, 3.63) is 64.4 Å². The Morgan fingerprint density at radius 2 is 1.64 bits per heavy atom. The maximum atomic E-state index is 10.6. The Balaban J connectivity index is 0.000000251. The van der Waals surface area contributed by atoms with Crippen molar-refractivity contribution in [3.63, 3.8) is 0 Å². The van der Waals surface area contributed by atoms with Crippen molar-refractivity contribution in [2.24, 2.45) is 0 Å². The standard InChI is InChI=1S/C19H14ClN3OS.2C2HF3O2/c20-15-2-4-17-12(6-15)5-13(10-24-17)19-23-16-3-1-11(7-18(16)25-19)14-8-21-22-9-14;2*3-2(4,5)1(6)7/h1-4,6-9,13H,5,10H2,(H,21,22);2*(H,6,7). The SMILES string of the molecule is Clc1ccc2c(c1)CC(c1nc3ccc(-c4cn[nH]c4)cc3s1)CO2.O=C(O)C(F)(F)F.O=C(O)C(F)(F)F. The van der Waals surface area contributed by atoms with Crippen LogP contribution in [0.25, 0.3) is 21.3 Å². The van der Waals surface area contributed by atoms with Crippen LogP contribution in [0.3, 0.4) is 0 Å². The van der Waals surface area contributed by atoms with Crippen molar-refractivity contribution in [2.75, 3.05) is 6.61 Å². The van der Waals surface area contributed by atoms with E-state index in [0.29, 0.717) is 6.61 Å². The molecule has 1 atom stereocenters. The molecule has 5 rings (SSSR count). The first-order chi connectivity index (χ1) is 18.1. The Morgan fingerprint density at radius 1 is 1.00 bits per heavy atom. The lowest BCUT2D eigenvalue weighted by Gasteiger charge is -2.23. The number of alkyl halides is 6. The van der Waals surface area contributed by atoms with Gasteiger partial charge < -0.3 is 14.9 Å². The van der Waals surface area contributed by atoms with Crippen LogP contribution in [0.1, 0.15) is 16.5 Å². The summed E-state index contributed by atoms with van der Waals surface area (Å²) in [5.41, 5.74) is 4.42. The molecular weight excluding hydrogens is 580 g/mol. The summed E-state index contributed by atoms with van der Waals surface area (Å²) in [6.45, 7) is 0.656. The molecule has 3 N–H and O–H groups in total. The van der Waals surface area contributed by atoms with Crippen LogP contribution in [0.4, 0.5) is 26.3 Å². The van der Waals surface area contributed by atoms with Gasteiger partial charge in [-0.3, -0.25) is 5.10 Å². The maximum Gasteiger partial charge on any atom is 0.490 e. The third-order valence-corrected chi connectivity index (χ3v) is 6.42. The number of rotatable bonds is 2. The molecule has 1 aliphatic rings. The number of nitrogens with one attached hydrogen (secondary N) is 1. The van der Waals surface area contributed by atoms with Crippen LogP contribution in [-0.4, -0.2) is 56.3 Å². The monoisotopic (exact) mass is 595 g/mol. The fourth-order valence-electron chi connectivity index (χ4n) is 3.23. The summed E-state index contributed by atoms with van der Waals surface area (Å²) in [6, 6.07) is 12.2. The van der Waals surface area contributed by atoms with Crippen molar-refractivity contribution in [2.45, 2.75) is 24.7 Å². The smallest absolute Gasteiger partial charge is 0.490 e. The lowest BCUT2D eigenvalue weighted by Crippen LogP contribution is -2.21. The molecule has 4 aromatic rings. The Morgan fingerprint density at radius 3 is 2.21 bits per heavy atom. The molecule has 0 saturated carbocycles. The van der Waals surface area contributed by atoms with Gasteiger partial charge in [-0.05, 0) is 47.9 Å². The molecule has 0 saturated heterocycles. The molecule has 0 amide bonds. The topological polar surface area (TPSA) is 125 Å². The number of carboxylic acid groups (broad SMARTS) is 2. The van der Waals surface area contributed by atoms with Gasteiger partial charge in [0.1, 0.15) is 10.8 Å². The average Bonchev–Trinajstić information content (AvgIpc) is 3.53. The highest BCUT2D eigenvalue weighted by Crippen LogP contribution is 2.37. The predicted molar refractivity (Wildman–Crippen MR) is 128 cm³/mol. The van der Waals surface area contributed by atoms with Crippen LogP contribution in [0.5, 0.6) is 5.75 Å². The minimum atomic E-state index is -5.08. The molecule has 1 unspecified atom stereocenters. The van der Waals surface area contributed by atoms with Gasteiger partial charge in [0.2, 0.25) is 0 Å². The second kappa shape index (κ2) is 11.9. The number of fused-ring (bicyclic) bond motifs is 2. The molecule has 3 heterocycles. The van der Waals surface area contributed by atoms with Crippen molar-refractivity contribution < 1.29 is 50.9 Å². The summed E-state index contributed by atoms with van der Waals surface area (Å²) in [6.07, 6.45) is -5.53. The van der Waals surface area contributed by atoms with E-state index in [9.17, 15) is 26.3 Å². The largest absolute Gasteiger partial charge is 0.493 e. The van der Waals surface area contributed by atoms with Crippen molar-refractivity contribution in [1.29, 1.82) is 0 Å². The number of ether oxygens (including phenoxy) is 1. The number of aromatic amines is 1. The van der Waals surface area contributed by atoms with Crippen LogP contribution in [-0.2, 0) is 16.0 Å². The third-order valence-electron chi connectivity index (χ3n) is 5.00. The van der Waals surface area contributed by atoms with E-state index in [0.717, 1.165) is 44.4 Å². The molecule has 1 aliphatic heterocycles. The predicted octanol–water partition coefficient (Wildman–Crippen LogP) is 6.33. The minimum Gasteiger partial charge on any atom is -0.493 e. The van der Waals surface area contributed by atoms with E-state index in [1.165, 1.54) is 4.70 Å². The van der Waals surface area contributed by atoms with Gasteiger partial charge in [0.05, 0.1) is 23.0 Å². The van der Waals surface area contributed by atoms with E-state index in [1.807, 2.05) is 30.6 Å². The lowest BCUT2D eigenvalue weighted by molar-refractivity contribution is -0.193. The number of H-pyrrole nitrogens is 1. The zero-order valence-corrected chi connectivity index (χ0v) is 20.8. The quantitative estimate of drug-likeness (QED) is 0.231. The van der Waals surface area contributed by atoms with Gasteiger partial charge in [-0.25, -0.2) is 14.6 Å². The number of aliphatic carboxylic acids is 2. The second-order valence-corrected chi connectivity index (χ2v) is 9.29. The number of benzene rings is 2. The first-order valence-electron chi connectivity index (χ1n) is 10.6. The molecule has 39 heavy (non-hydrogen) atoms. The van der Waals surface area contributed by atoms with Crippen LogP contribution in [0.2, 0.25) is 5.02 Å². The maximum absolute atomic E-state index is 10.6. The molecule has 2 aromatic carbocycles. The fraction of sp³-hybridized carbons (Fsp3) is 0.217. The fourth-order valence-corrected chi connectivity index (χ4v) is 4.51. The highest BCUT2D eigenvalue weighted by molar-refractivity contribution is 7.18. The number of hydrogen-bond acceptors (Lipinski definition) is 6. The van der Waals surface area contributed by atoms with E-state index in [-0.39, 0.29) is 5.92 Å². The summed E-state index contributed by atoms with van der Waals surface area (Å²) < 4.78 is 70.6. The Hall–Kier alpha value is -3.85. The van der Waals surface area contributed by atoms with Gasteiger partial charge in [-0.2, -0.15) is 31.4 Å². The van der Waals surface area contributed by atoms with Gasteiger partial charge in [0, 0.05) is 22.7 Å². The molecule has 16 heteroatoms. The summed E-state index contributed by atoms with van der Waals surface area (Å²) in [4.78, 5) is 22.6. The van der Waals surface area contributed by atoms with Crippen LogP contribution in [0, 0.1) is 0 Å². The Bertz CT molecular complexity index is 1430. The van der Waals surface area contributed by atoms with Crippen LogP contribution < -0.4 is 4.74 Å². The molecule has 208 valence electrons. The van der Waals surface area contributed by atoms with E-state index in [2.05, 4.69) is 28.4 Å². The summed E-state index contributed by atoms with van der Waals surface area (Å²) >= 11 is 7.86. The Labute approximate surface area is 223 Å². The van der Waals surface area contributed by atoms with Crippen molar-refractivity contribution in [1.82, 2.24) is 15.2 Å². The molecule has 2 aromatic heterocycles. The highest BCUT2D eigenvalue weighted by atomic mass is 35.5. The molecule has 0 fully saturated rings. The van der Waals surface area contributed by atoms with Gasteiger partial charge in [0.25, 0.3) is 0 Å². The zero-order chi connectivity index (χ0) is 29.0. The molecule has 0 bridgehead atoms. The number of halogens is 7. The molecule has 0 radical (unpaired) electrons. The molecule has 8 nitrogen and oxygen atoms in total. The number of hydrogen-bond donors (Lipinski definition) is 3. The minimum absolute atomic E-state index is 0.265.